The van der Waals surface area contributed by atoms with Gasteiger partial charge < -0.3 is 4.74 Å². The minimum absolute atomic E-state index is 0.212. The number of ketones is 1. The number of thioether (sulfide) groups is 1. The molecule has 22 heavy (non-hydrogen) atoms. The average Bonchev–Trinajstić information content (AvgIpc) is 2.53. The number of ether oxygens (including phenoxy) is 1. The van der Waals surface area contributed by atoms with Gasteiger partial charge in [0.2, 0.25) is 0 Å². The Morgan fingerprint density at radius 1 is 1.18 bits per heavy atom. The first kappa shape index (κ1) is 16.2. The fraction of sp³-hybridized carbons (Fsp3) is 0.118. The van der Waals surface area contributed by atoms with E-state index in [1.54, 1.807) is 6.08 Å². The van der Waals surface area contributed by atoms with Crippen LogP contribution in [0.25, 0.3) is 6.08 Å². The van der Waals surface area contributed by atoms with Gasteiger partial charge in [0.15, 0.2) is 5.78 Å². The number of alkyl halides is 2. The van der Waals surface area contributed by atoms with Crippen molar-refractivity contribution in [2.24, 2.45) is 0 Å². The van der Waals surface area contributed by atoms with Crippen molar-refractivity contribution in [3.05, 3.63) is 65.7 Å². The third-order valence-electron chi connectivity index (χ3n) is 2.89. The number of rotatable bonds is 6. The molecular weight excluding hydrogens is 306 g/mol. The maximum Gasteiger partial charge on any atom is 0.289 e. The predicted octanol–water partition coefficient (Wildman–Crippen LogP) is 4.91. The third kappa shape index (κ3) is 4.43. The van der Waals surface area contributed by atoms with E-state index in [0.717, 1.165) is 5.56 Å². The molecule has 0 unspecified atom stereocenters. The lowest BCUT2D eigenvalue weighted by molar-refractivity contribution is 0.104. The topological polar surface area (TPSA) is 26.3 Å². The Labute approximate surface area is 131 Å². The van der Waals surface area contributed by atoms with Crippen molar-refractivity contribution in [1.29, 1.82) is 0 Å². The summed E-state index contributed by atoms with van der Waals surface area (Å²) in [5.74, 6) is -2.48. The summed E-state index contributed by atoms with van der Waals surface area (Å²) in [6, 6.07) is 13.9. The SMILES string of the molecule is COc1cc(C(=O)/C=C/c2ccccc2)ccc1SC(F)F. The summed E-state index contributed by atoms with van der Waals surface area (Å²) >= 11 is 0.393. The molecule has 0 fully saturated rings. The molecule has 114 valence electrons. The van der Waals surface area contributed by atoms with Gasteiger partial charge in [0, 0.05) is 5.56 Å². The zero-order valence-electron chi connectivity index (χ0n) is 11.8. The Bertz CT molecular complexity index is 670. The number of benzene rings is 2. The summed E-state index contributed by atoms with van der Waals surface area (Å²) in [5, 5.41) is 0. The van der Waals surface area contributed by atoms with Crippen LogP contribution in [0, 0.1) is 0 Å². The monoisotopic (exact) mass is 320 g/mol. The first-order chi connectivity index (χ1) is 10.6. The molecule has 0 spiro atoms. The van der Waals surface area contributed by atoms with E-state index in [0.29, 0.717) is 22.2 Å². The van der Waals surface area contributed by atoms with Crippen molar-refractivity contribution < 1.29 is 18.3 Å². The Kier molecular flexibility index (Phi) is 5.72. The van der Waals surface area contributed by atoms with E-state index in [9.17, 15) is 13.6 Å². The molecule has 0 N–H and O–H groups in total. The van der Waals surface area contributed by atoms with Crippen LogP contribution in [-0.4, -0.2) is 18.7 Å². The summed E-state index contributed by atoms with van der Waals surface area (Å²) in [4.78, 5) is 12.4. The first-order valence-electron chi connectivity index (χ1n) is 6.50. The fourth-order valence-electron chi connectivity index (χ4n) is 1.85. The number of halogens is 2. The van der Waals surface area contributed by atoms with Crippen LogP contribution >= 0.6 is 11.8 Å². The summed E-state index contributed by atoms with van der Waals surface area (Å²) < 4.78 is 29.9. The van der Waals surface area contributed by atoms with E-state index in [2.05, 4.69) is 0 Å². The van der Waals surface area contributed by atoms with Gasteiger partial charge in [-0.2, -0.15) is 8.78 Å². The number of carbonyl (C=O) groups excluding carboxylic acids is 1. The molecule has 0 saturated carbocycles. The van der Waals surface area contributed by atoms with E-state index >= 15 is 0 Å². The molecule has 2 nitrogen and oxygen atoms in total. The Morgan fingerprint density at radius 3 is 2.55 bits per heavy atom. The molecule has 0 amide bonds. The molecule has 5 heteroatoms. The molecule has 0 aliphatic rings. The van der Waals surface area contributed by atoms with Gasteiger partial charge >= 0.3 is 0 Å². The number of methoxy groups -OCH3 is 1. The van der Waals surface area contributed by atoms with Crippen LogP contribution in [-0.2, 0) is 0 Å². The van der Waals surface area contributed by atoms with Gasteiger partial charge in [-0.3, -0.25) is 4.79 Å². The lowest BCUT2D eigenvalue weighted by Crippen LogP contribution is -1.97. The molecule has 2 aromatic rings. The quantitative estimate of drug-likeness (QED) is 0.430. The largest absolute Gasteiger partial charge is 0.496 e. The third-order valence-corrected chi connectivity index (χ3v) is 3.66. The smallest absolute Gasteiger partial charge is 0.289 e. The van der Waals surface area contributed by atoms with Crippen LogP contribution in [0.4, 0.5) is 8.78 Å². The van der Waals surface area contributed by atoms with Gasteiger partial charge in [0.05, 0.1) is 12.0 Å². The molecule has 2 aromatic carbocycles. The predicted molar refractivity (Wildman–Crippen MR) is 84.7 cm³/mol. The van der Waals surface area contributed by atoms with Crippen molar-refractivity contribution >= 4 is 23.6 Å². The summed E-state index contributed by atoms with van der Waals surface area (Å²) in [6.07, 6.45) is 3.15. The molecule has 0 radical (unpaired) electrons. The molecule has 2 rings (SSSR count). The van der Waals surface area contributed by atoms with Gasteiger partial charge in [-0.15, -0.1) is 0 Å². The minimum atomic E-state index is -2.53. The number of hydrogen-bond donors (Lipinski definition) is 0. The molecule has 0 aliphatic heterocycles. The highest BCUT2D eigenvalue weighted by Gasteiger charge is 2.13. The van der Waals surface area contributed by atoms with Crippen LogP contribution in [0.1, 0.15) is 15.9 Å². The fourth-order valence-corrected chi connectivity index (χ4v) is 2.44. The maximum atomic E-state index is 12.4. The van der Waals surface area contributed by atoms with Crippen molar-refractivity contribution in [2.75, 3.05) is 7.11 Å². The van der Waals surface area contributed by atoms with Crippen molar-refractivity contribution in [3.8, 4) is 5.75 Å². The Hall–Kier alpha value is -2.14. The average molecular weight is 320 g/mol. The van der Waals surface area contributed by atoms with Gasteiger partial charge in [-0.1, -0.05) is 48.2 Å². The summed E-state index contributed by atoms with van der Waals surface area (Å²) in [6.45, 7) is 0. The molecule has 0 heterocycles. The van der Waals surface area contributed by atoms with Gasteiger partial charge in [0.25, 0.3) is 5.76 Å². The Balaban J connectivity index is 2.18. The standard InChI is InChI=1S/C17H14F2O2S/c1-21-15-11-13(8-10-16(15)22-17(18)19)14(20)9-7-12-5-3-2-4-6-12/h2-11,17H,1H3/b9-7+. The van der Waals surface area contributed by atoms with E-state index in [1.807, 2.05) is 30.3 Å². The van der Waals surface area contributed by atoms with Gasteiger partial charge in [-0.25, -0.2) is 0 Å². The molecule has 0 saturated heterocycles. The second-order valence-electron chi connectivity index (χ2n) is 4.35. The highest BCUT2D eigenvalue weighted by Crippen LogP contribution is 2.34. The number of carbonyl (C=O) groups is 1. The van der Waals surface area contributed by atoms with Crippen LogP contribution < -0.4 is 4.74 Å². The summed E-state index contributed by atoms with van der Waals surface area (Å²) in [5.41, 5.74) is 1.30. The molecule has 0 atom stereocenters. The number of allylic oxidation sites excluding steroid dienone is 1. The molecule has 0 aromatic heterocycles. The second-order valence-corrected chi connectivity index (χ2v) is 5.38. The van der Waals surface area contributed by atoms with Crippen molar-refractivity contribution in [2.45, 2.75) is 10.7 Å². The molecular formula is C17H14F2O2S. The van der Waals surface area contributed by atoms with E-state index < -0.39 is 5.76 Å². The minimum Gasteiger partial charge on any atom is -0.496 e. The first-order valence-corrected chi connectivity index (χ1v) is 7.38. The molecule has 0 aliphatic carbocycles. The van der Waals surface area contributed by atoms with Crippen molar-refractivity contribution in [3.63, 3.8) is 0 Å². The highest BCUT2D eigenvalue weighted by atomic mass is 32.2. The maximum absolute atomic E-state index is 12.4. The van der Waals surface area contributed by atoms with Crippen LogP contribution in [0.15, 0.2) is 59.5 Å². The van der Waals surface area contributed by atoms with Crippen molar-refractivity contribution in [1.82, 2.24) is 0 Å². The second kappa shape index (κ2) is 7.75. The Morgan fingerprint density at radius 2 is 1.91 bits per heavy atom. The van der Waals surface area contributed by atoms with Crippen LogP contribution in [0.5, 0.6) is 5.75 Å². The van der Waals surface area contributed by atoms with E-state index in [4.69, 9.17) is 4.74 Å². The van der Waals surface area contributed by atoms with E-state index in [1.165, 1.54) is 31.4 Å². The zero-order chi connectivity index (χ0) is 15.9. The normalized spacial score (nSPS) is 11.1. The lowest BCUT2D eigenvalue weighted by Gasteiger charge is -2.08. The zero-order valence-corrected chi connectivity index (χ0v) is 12.6. The van der Waals surface area contributed by atoms with Crippen LogP contribution in [0.2, 0.25) is 0 Å². The molecule has 0 bridgehead atoms. The van der Waals surface area contributed by atoms with E-state index in [-0.39, 0.29) is 11.5 Å². The summed E-state index contributed by atoms with van der Waals surface area (Å²) in [7, 11) is 1.39. The van der Waals surface area contributed by atoms with Gasteiger partial charge in [0.1, 0.15) is 5.75 Å². The lowest BCUT2D eigenvalue weighted by atomic mass is 10.1. The van der Waals surface area contributed by atoms with Crippen LogP contribution in [0.3, 0.4) is 0 Å². The highest BCUT2D eigenvalue weighted by molar-refractivity contribution is 7.99. The number of hydrogen-bond acceptors (Lipinski definition) is 3. The van der Waals surface area contributed by atoms with Gasteiger partial charge in [-0.05, 0) is 29.8 Å².